The number of nitrogens with zero attached hydrogens (tertiary/aromatic N) is 2. The molecule has 0 saturated carbocycles. The van der Waals surface area contributed by atoms with Crippen LogP contribution in [0.5, 0.6) is 5.75 Å². The van der Waals surface area contributed by atoms with Crippen molar-refractivity contribution in [2.45, 2.75) is 30.9 Å². The summed E-state index contributed by atoms with van der Waals surface area (Å²) in [7, 11) is 0. The maximum atomic E-state index is 12.4. The van der Waals surface area contributed by atoms with Crippen molar-refractivity contribution in [2.75, 3.05) is 6.61 Å². The zero-order valence-electron chi connectivity index (χ0n) is 15.1. The number of aliphatic hydroxyl groups is 3. The van der Waals surface area contributed by atoms with Crippen molar-refractivity contribution in [3.63, 3.8) is 0 Å². The average molecular weight is 427 g/mol. The van der Waals surface area contributed by atoms with Gasteiger partial charge in [-0.05, 0) is 35.9 Å². The molecule has 0 unspecified atom stereocenters. The number of aromatic nitrogens is 3. The summed E-state index contributed by atoms with van der Waals surface area (Å²) in [5, 5.41) is 29.7. The lowest BCUT2D eigenvalue weighted by Crippen LogP contribution is -2.35. The van der Waals surface area contributed by atoms with Crippen molar-refractivity contribution >= 4 is 11.0 Å². The molecule has 30 heavy (non-hydrogen) atoms. The third kappa shape index (κ3) is 3.77. The van der Waals surface area contributed by atoms with Crippen molar-refractivity contribution in [1.82, 2.24) is 14.5 Å². The predicted molar refractivity (Wildman–Crippen MR) is 95.5 cm³/mol. The first-order valence-corrected chi connectivity index (χ1v) is 8.77. The Morgan fingerprint density at radius 2 is 1.90 bits per heavy atom. The largest absolute Gasteiger partial charge is 0.573 e. The molecule has 160 valence electrons. The molecule has 4 rings (SSSR count). The van der Waals surface area contributed by atoms with Crippen LogP contribution >= 0.6 is 0 Å². The minimum atomic E-state index is -4.79. The molecule has 2 aromatic heterocycles. The molecule has 1 aromatic carbocycles. The number of alkyl halides is 3. The van der Waals surface area contributed by atoms with Crippen molar-refractivity contribution in [1.29, 1.82) is 0 Å². The molecule has 1 aliphatic rings. The Morgan fingerprint density at radius 1 is 1.20 bits per heavy atom. The zero-order chi connectivity index (χ0) is 21.6. The topological polar surface area (TPSA) is 130 Å². The minimum absolute atomic E-state index is 0.216. The van der Waals surface area contributed by atoms with Gasteiger partial charge < -0.3 is 29.8 Å². The number of hydrogen-bond acceptors (Lipinski definition) is 7. The van der Waals surface area contributed by atoms with Gasteiger partial charge in [0, 0.05) is 17.3 Å². The predicted octanol–water partition coefficient (Wildman–Crippen LogP) is 0.902. The summed E-state index contributed by atoms with van der Waals surface area (Å²) in [5.74, 6) is -0.371. The van der Waals surface area contributed by atoms with E-state index in [1.165, 1.54) is 18.3 Å². The van der Waals surface area contributed by atoms with Crippen LogP contribution in [-0.2, 0) is 4.74 Å². The van der Waals surface area contributed by atoms with Gasteiger partial charge in [-0.1, -0.05) is 0 Å². The smallest absolute Gasteiger partial charge is 0.406 e. The third-order valence-corrected chi connectivity index (χ3v) is 4.72. The van der Waals surface area contributed by atoms with E-state index >= 15 is 0 Å². The maximum absolute atomic E-state index is 12.4. The van der Waals surface area contributed by atoms with Crippen molar-refractivity contribution in [3.8, 4) is 17.0 Å². The van der Waals surface area contributed by atoms with E-state index in [0.29, 0.717) is 16.6 Å². The third-order valence-electron chi connectivity index (χ3n) is 4.72. The SMILES string of the molecule is O=c1nc2[nH]c(-c3ccc(OC(F)(F)F)cc3)cc2cn1[C@@H]1O[C@H](CO)[C@@H](O)[C@@H]1O. The quantitative estimate of drug-likeness (QED) is 0.487. The van der Waals surface area contributed by atoms with Crippen molar-refractivity contribution in [2.24, 2.45) is 0 Å². The van der Waals surface area contributed by atoms with Gasteiger partial charge in [-0.2, -0.15) is 4.98 Å². The number of hydrogen-bond donors (Lipinski definition) is 4. The monoisotopic (exact) mass is 427 g/mol. The van der Waals surface area contributed by atoms with Gasteiger partial charge in [0.15, 0.2) is 6.23 Å². The van der Waals surface area contributed by atoms with Gasteiger partial charge in [-0.25, -0.2) is 4.79 Å². The van der Waals surface area contributed by atoms with Crippen LogP contribution in [0, 0.1) is 0 Å². The average Bonchev–Trinajstić information content (AvgIpc) is 3.21. The van der Waals surface area contributed by atoms with Crippen LogP contribution in [0.3, 0.4) is 0 Å². The number of aromatic amines is 1. The first-order valence-electron chi connectivity index (χ1n) is 8.77. The molecule has 1 fully saturated rings. The normalized spacial score (nSPS) is 24.5. The lowest BCUT2D eigenvalue weighted by atomic mass is 10.1. The fourth-order valence-corrected chi connectivity index (χ4v) is 3.29. The van der Waals surface area contributed by atoms with E-state index in [-0.39, 0.29) is 11.4 Å². The van der Waals surface area contributed by atoms with E-state index in [1.807, 2.05) is 0 Å². The van der Waals surface area contributed by atoms with Crippen LogP contribution in [0.4, 0.5) is 13.2 Å². The Labute approximate surface area is 165 Å². The molecule has 1 saturated heterocycles. The van der Waals surface area contributed by atoms with Gasteiger partial charge in [-0.15, -0.1) is 13.2 Å². The Balaban J connectivity index is 1.65. The summed E-state index contributed by atoms with van der Waals surface area (Å²) in [5.41, 5.74) is 0.456. The fourth-order valence-electron chi connectivity index (χ4n) is 3.29. The lowest BCUT2D eigenvalue weighted by molar-refractivity contribution is -0.274. The molecule has 9 nitrogen and oxygen atoms in total. The second-order valence-corrected chi connectivity index (χ2v) is 6.72. The number of ether oxygens (including phenoxy) is 2. The highest BCUT2D eigenvalue weighted by Crippen LogP contribution is 2.30. The summed E-state index contributed by atoms with van der Waals surface area (Å²) in [6.07, 6.45) is -8.53. The van der Waals surface area contributed by atoms with Crippen LogP contribution < -0.4 is 10.4 Å². The summed E-state index contributed by atoms with van der Waals surface area (Å²) in [6, 6.07) is 6.73. The molecule has 0 amide bonds. The van der Waals surface area contributed by atoms with Gasteiger partial charge in [0.25, 0.3) is 0 Å². The number of rotatable bonds is 4. The van der Waals surface area contributed by atoms with Crippen LogP contribution in [0.2, 0.25) is 0 Å². The molecule has 0 radical (unpaired) electrons. The molecule has 12 heteroatoms. The fraction of sp³-hybridized carbons (Fsp3) is 0.333. The molecule has 3 aromatic rings. The van der Waals surface area contributed by atoms with Crippen LogP contribution in [0.1, 0.15) is 6.23 Å². The van der Waals surface area contributed by atoms with E-state index in [0.717, 1.165) is 16.7 Å². The Kier molecular flexibility index (Phi) is 5.02. The highest BCUT2D eigenvalue weighted by atomic mass is 19.4. The molecule has 4 atom stereocenters. The van der Waals surface area contributed by atoms with E-state index in [9.17, 15) is 33.3 Å². The number of benzene rings is 1. The summed E-state index contributed by atoms with van der Waals surface area (Å²) >= 11 is 0. The Hall–Kier alpha value is -2.93. The van der Waals surface area contributed by atoms with E-state index < -0.39 is 43.2 Å². The summed E-state index contributed by atoms with van der Waals surface area (Å²) < 4.78 is 47.0. The molecule has 1 aliphatic heterocycles. The molecule has 0 spiro atoms. The van der Waals surface area contributed by atoms with Crippen molar-refractivity contribution in [3.05, 3.63) is 47.0 Å². The lowest BCUT2D eigenvalue weighted by Gasteiger charge is -2.16. The maximum Gasteiger partial charge on any atom is 0.573 e. The molecule has 4 N–H and O–H groups in total. The van der Waals surface area contributed by atoms with Crippen LogP contribution in [0.15, 0.2) is 41.3 Å². The molecular formula is C18H16F3N3O6. The van der Waals surface area contributed by atoms with Crippen LogP contribution in [0.25, 0.3) is 22.3 Å². The van der Waals surface area contributed by atoms with Gasteiger partial charge in [-0.3, -0.25) is 4.57 Å². The van der Waals surface area contributed by atoms with Gasteiger partial charge in [0.2, 0.25) is 0 Å². The first-order chi connectivity index (χ1) is 14.2. The number of aliphatic hydroxyl groups excluding tert-OH is 3. The van der Waals surface area contributed by atoms with Crippen LogP contribution in [-0.4, -0.2) is 61.1 Å². The molecule has 0 bridgehead atoms. The second kappa shape index (κ2) is 7.40. The molecule has 3 heterocycles. The number of halogens is 3. The molecule has 0 aliphatic carbocycles. The Morgan fingerprint density at radius 3 is 2.50 bits per heavy atom. The molecular weight excluding hydrogens is 411 g/mol. The van der Waals surface area contributed by atoms with Gasteiger partial charge >= 0.3 is 12.1 Å². The van der Waals surface area contributed by atoms with Crippen molar-refractivity contribution < 1.29 is 38.0 Å². The number of H-pyrrole nitrogens is 1. The summed E-state index contributed by atoms with van der Waals surface area (Å²) in [4.78, 5) is 19.1. The van der Waals surface area contributed by atoms with E-state index in [2.05, 4.69) is 14.7 Å². The first kappa shape index (κ1) is 20.3. The van der Waals surface area contributed by atoms with E-state index in [4.69, 9.17) is 4.74 Å². The summed E-state index contributed by atoms with van der Waals surface area (Å²) in [6.45, 7) is -0.540. The second-order valence-electron chi connectivity index (χ2n) is 6.72. The number of fused-ring (bicyclic) bond motifs is 1. The number of nitrogens with one attached hydrogen (secondary N) is 1. The van der Waals surface area contributed by atoms with E-state index in [1.54, 1.807) is 6.07 Å². The highest BCUT2D eigenvalue weighted by Gasteiger charge is 2.43. The standard InChI is InChI=1S/C18H16F3N3O6/c19-18(20,21)30-10-3-1-8(2-4-10)11-5-9-6-24(17(28)23-15(9)22-11)16-14(27)13(26)12(7-25)29-16/h1-6,12-14,16,25-27H,7H2,(H,22,23,28)/t12-,13-,14+,16-/m1/s1. The highest BCUT2D eigenvalue weighted by molar-refractivity contribution is 5.82. The zero-order valence-corrected chi connectivity index (χ0v) is 15.1. The Bertz CT molecular complexity index is 1110. The van der Waals surface area contributed by atoms with Gasteiger partial charge in [0.1, 0.15) is 29.7 Å². The van der Waals surface area contributed by atoms with Gasteiger partial charge in [0.05, 0.1) is 6.61 Å². The minimum Gasteiger partial charge on any atom is -0.406 e.